The van der Waals surface area contributed by atoms with Crippen LogP contribution in [0.5, 0.6) is 0 Å². The van der Waals surface area contributed by atoms with E-state index in [2.05, 4.69) is 70.4 Å². The van der Waals surface area contributed by atoms with Crippen molar-refractivity contribution in [3.8, 4) is 0 Å². The van der Waals surface area contributed by atoms with Gasteiger partial charge in [0.05, 0.1) is 0 Å². The largest absolute Gasteiger partial charge is 0.310 e. The zero-order chi connectivity index (χ0) is 14.4. The normalized spacial score (nSPS) is 12.3. The van der Waals surface area contributed by atoms with Crippen molar-refractivity contribution in [3.63, 3.8) is 0 Å². The Bertz CT molecular complexity index is 540. The number of hydrogen-bond acceptors (Lipinski definition) is 2. The fraction of sp³-hybridized carbons (Fsp3) is 0.353. The number of aromatic nitrogens is 1. The van der Waals surface area contributed by atoms with Crippen LogP contribution in [0.4, 0.5) is 0 Å². The Morgan fingerprint density at radius 2 is 1.95 bits per heavy atom. The molecule has 1 atom stereocenters. The lowest BCUT2D eigenvalue weighted by molar-refractivity contribution is 0.529. The Balaban J connectivity index is 2.20. The topological polar surface area (TPSA) is 24.9 Å². The van der Waals surface area contributed by atoms with Crippen molar-refractivity contribution in [1.29, 1.82) is 0 Å². The minimum atomic E-state index is 0.342. The van der Waals surface area contributed by atoms with Crippen LogP contribution >= 0.6 is 15.9 Å². The monoisotopic (exact) mass is 332 g/mol. The van der Waals surface area contributed by atoms with E-state index in [1.165, 1.54) is 21.2 Å². The van der Waals surface area contributed by atoms with Gasteiger partial charge >= 0.3 is 0 Å². The number of halogens is 1. The first-order valence-electron chi connectivity index (χ1n) is 7.09. The third-order valence-corrected chi connectivity index (χ3v) is 4.28. The zero-order valence-electron chi connectivity index (χ0n) is 12.1. The molecule has 0 spiro atoms. The highest BCUT2D eigenvalue weighted by molar-refractivity contribution is 9.10. The maximum atomic E-state index is 4.09. The van der Waals surface area contributed by atoms with Crippen molar-refractivity contribution in [2.45, 2.75) is 32.7 Å². The lowest BCUT2D eigenvalue weighted by Gasteiger charge is -2.20. The van der Waals surface area contributed by atoms with Gasteiger partial charge in [0.1, 0.15) is 0 Å². The molecule has 2 nitrogen and oxygen atoms in total. The molecule has 1 unspecified atom stereocenters. The summed E-state index contributed by atoms with van der Waals surface area (Å²) in [7, 11) is 0. The van der Waals surface area contributed by atoms with Crippen molar-refractivity contribution in [2.24, 2.45) is 0 Å². The Hall–Kier alpha value is -1.19. The van der Waals surface area contributed by atoms with Gasteiger partial charge in [-0.2, -0.15) is 0 Å². The molecule has 1 heterocycles. The van der Waals surface area contributed by atoms with E-state index in [-0.39, 0.29) is 0 Å². The van der Waals surface area contributed by atoms with Gasteiger partial charge in [0, 0.05) is 22.9 Å². The fourth-order valence-electron chi connectivity index (χ4n) is 2.21. The molecule has 3 heteroatoms. The number of nitrogens with one attached hydrogen (secondary N) is 1. The van der Waals surface area contributed by atoms with E-state index in [9.17, 15) is 0 Å². The molecule has 2 aromatic rings. The maximum Gasteiger partial charge on any atom is 0.0361 e. The lowest BCUT2D eigenvalue weighted by Crippen LogP contribution is -2.24. The third kappa shape index (κ3) is 4.15. The molecule has 1 N–H and O–H groups in total. The summed E-state index contributed by atoms with van der Waals surface area (Å²) in [5.41, 5.74) is 3.91. The first kappa shape index (κ1) is 15.2. The van der Waals surface area contributed by atoms with Crippen molar-refractivity contribution in [2.75, 3.05) is 6.54 Å². The fourth-order valence-corrected chi connectivity index (χ4v) is 2.60. The molecule has 20 heavy (non-hydrogen) atoms. The van der Waals surface area contributed by atoms with Crippen LogP contribution in [0.15, 0.2) is 47.2 Å². The molecule has 0 bridgehead atoms. The molecule has 0 amide bonds. The molecule has 0 radical (unpaired) electrons. The molecule has 1 aromatic heterocycles. The summed E-state index contributed by atoms with van der Waals surface area (Å²) >= 11 is 3.63. The van der Waals surface area contributed by atoms with Gasteiger partial charge in [0.15, 0.2) is 0 Å². The van der Waals surface area contributed by atoms with Gasteiger partial charge in [-0.1, -0.05) is 35.0 Å². The molecule has 0 aliphatic heterocycles. The van der Waals surface area contributed by atoms with Crippen molar-refractivity contribution in [1.82, 2.24) is 10.3 Å². The number of nitrogens with zero attached hydrogens (tertiary/aromatic N) is 1. The number of pyridine rings is 1. The van der Waals surface area contributed by atoms with Crippen LogP contribution in [0, 0.1) is 6.92 Å². The van der Waals surface area contributed by atoms with Crippen molar-refractivity contribution >= 4 is 15.9 Å². The second-order valence-electron chi connectivity index (χ2n) is 5.07. The highest BCUT2D eigenvalue weighted by Gasteiger charge is 2.12. The molecular weight excluding hydrogens is 312 g/mol. The second kappa shape index (κ2) is 7.55. The molecule has 0 aliphatic rings. The molecule has 0 aliphatic carbocycles. The predicted octanol–water partition coefficient (Wildman–Crippen LogP) is 4.44. The number of rotatable bonds is 6. The zero-order valence-corrected chi connectivity index (χ0v) is 13.7. The summed E-state index contributed by atoms with van der Waals surface area (Å²) in [5.74, 6) is 0. The van der Waals surface area contributed by atoms with E-state index >= 15 is 0 Å². The van der Waals surface area contributed by atoms with E-state index in [0.717, 1.165) is 19.4 Å². The van der Waals surface area contributed by atoms with Crippen LogP contribution in [0.2, 0.25) is 0 Å². The predicted molar refractivity (Wildman–Crippen MR) is 87.9 cm³/mol. The van der Waals surface area contributed by atoms with Gasteiger partial charge in [-0.05, 0) is 61.2 Å². The summed E-state index contributed by atoms with van der Waals surface area (Å²) in [6.07, 6.45) is 5.84. The molecule has 0 saturated heterocycles. The Morgan fingerprint density at radius 3 is 2.60 bits per heavy atom. The third-order valence-electron chi connectivity index (χ3n) is 3.43. The van der Waals surface area contributed by atoms with Gasteiger partial charge in [-0.3, -0.25) is 4.98 Å². The molecule has 0 saturated carbocycles. The van der Waals surface area contributed by atoms with Crippen LogP contribution in [0.25, 0.3) is 0 Å². The van der Waals surface area contributed by atoms with Gasteiger partial charge in [0.2, 0.25) is 0 Å². The molecule has 1 aromatic carbocycles. The van der Waals surface area contributed by atoms with E-state index in [0.29, 0.717) is 6.04 Å². The van der Waals surface area contributed by atoms with Gasteiger partial charge in [0.25, 0.3) is 0 Å². The van der Waals surface area contributed by atoms with Gasteiger partial charge in [-0.15, -0.1) is 0 Å². The summed E-state index contributed by atoms with van der Waals surface area (Å²) in [6.45, 7) is 5.34. The van der Waals surface area contributed by atoms with Gasteiger partial charge in [-0.25, -0.2) is 0 Å². The highest BCUT2D eigenvalue weighted by atomic mass is 79.9. The SMILES string of the molecule is CCCNC(Cc1ccncc1)c1ccc(C)c(Br)c1. The lowest BCUT2D eigenvalue weighted by atomic mass is 9.98. The summed E-state index contributed by atoms with van der Waals surface area (Å²) in [5, 5.41) is 3.64. The summed E-state index contributed by atoms with van der Waals surface area (Å²) in [6, 6.07) is 11.1. The van der Waals surface area contributed by atoms with Crippen LogP contribution < -0.4 is 5.32 Å². The highest BCUT2D eigenvalue weighted by Crippen LogP contribution is 2.24. The van der Waals surface area contributed by atoms with Crippen LogP contribution in [0.1, 0.15) is 36.1 Å². The molecular formula is C17H21BrN2. The Labute approximate surface area is 129 Å². The van der Waals surface area contributed by atoms with E-state index in [4.69, 9.17) is 0 Å². The number of benzene rings is 1. The quantitative estimate of drug-likeness (QED) is 0.846. The van der Waals surface area contributed by atoms with E-state index < -0.39 is 0 Å². The average molecular weight is 333 g/mol. The first-order chi connectivity index (χ1) is 9.70. The van der Waals surface area contributed by atoms with E-state index in [1.54, 1.807) is 0 Å². The number of hydrogen-bond donors (Lipinski definition) is 1. The van der Waals surface area contributed by atoms with Crippen LogP contribution in [0.3, 0.4) is 0 Å². The molecule has 0 fully saturated rings. The van der Waals surface area contributed by atoms with Crippen molar-refractivity contribution in [3.05, 3.63) is 63.9 Å². The smallest absolute Gasteiger partial charge is 0.0361 e. The molecule has 2 rings (SSSR count). The van der Waals surface area contributed by atoms with Crippen LogP contribution in [-0.4, -0.2) is 11.5 Å². The minimum Gasteiger partial charge on any atom is -0.310 e. The van der Waals surface area contributed by atoms with E-state index in [1.807, 2.05) is 12.4 Å². The second-order valence-corrected chi connectivity index (χ2v) is 5.93. The number of aryl methyl sites for hydroxylation is 1. The summed E-state index contributed by atoms with van der Waals surface area (Å²) in [4.78, 5) is 4.09. The summed E-state index contributed by atoms with van der Waals surface area (Å²) < 4.78 is 1.17. The van der Waals surface area contributed by atoms with Gasteiger partial charge < -0.3 is 5.32 Å². The Kier molecular flexibility index (Phi) is 5.74. The minimum absolute atomic E-state index is 0.342. The van der Waals surface area contributed by atoms with Crippen LogP contribution in [-0.2, 0) is 6.42 Å². The average Bonchev–Trinajstić information content (AvgIpc) is 2.47. The maximum absolute atomic E-state index is 4.09. The van der Waals surface area contributed by atoms with Crippen molar-refractivity contribution < 1.29 is 0 Å². The Morgan fingerprint density at radius 1 is 1.20 bits per heavy atom. The first-order valence-corrected chi connectivity index (χ1v) is 7.88. The standard InChI is InChI=1S/C17H21BrN2/c1-3-8-20-17(11-14-6-9-19-10-7-14)15-5-4-13(2)16(18)12-15/h4-7,9-10,12,17,20H,3,8,11H2,1-2H3. The molecule has 106 valence electrons.